The average Bonchev–Trinajstić information content (AvgIpc) is 3.01. The van der Waals surface area contributed by atoms with Gasteiger partial charge < -0.3 is 5.32 Å². The molecular weight excluding hydrogens is 401 g/mol. The van der Waals surface area contributed by atoms with Gasteiger partial charge in [0.2, 0.25) is 0 Å². The molecule has 10 heteroatoms. The van der Waals surface area contributed by atoms with Crippen LogP contribution in [0.4, 0.5) is 13.2 Å². The Kier molecular flexibility index (Phi) is 6.63. The molecule has 0 atom stereocenters. The SMILES string of the molecule is CC(C)S(=O)(=O)Cc1nc(-c2ccc(C(=O)NCCC(F)(F)F)cc2)cs1. The molecule has 0 radical (unpaired) electrons. The predicted molar refractivity (Wildman–Crippen MR) is 98.3 cm³/mol. The smallest absolute Gasteiger partial charge is 0.352 e. The number of carbonyl (C=O) groups is 1. The van der Waals surface area contributed by atoms with Gasteiger partial charge >= 0.3 is 6.18 Å². The van der Waals surface area contributed by atoms with E-state index in [4.69, 9.17) is 0 Å². The van der Waals surface area contributed by atoms with Gasteiger partial charge in [-0.25, -0.2) is 13.4 Å². The Morgan fingerprint density at radius 3 is 2.41 bits per heavy atom. The summed E-state index contributed by atoms with van der Waals surface area (Å²) in [5, 5.41) is 3.93. The van der Waals surface area contributed by atoms with Crippen molar-refractivity contribution in [2.24, 2.45) is 0 Å². The largest absolute Gasteiger partial charge is 0.390 e. The third kappa shape index (κ3) is 6.31. The minimum Gasteiger partial charge on any atom is -0.352 e. The minimum absolute atomic E-state index is 0.130. The zero-order valence-electron chi connectivity index (χ0n) is 14.7. The van der Waals surface area contributed by atoms with Crippen LogP contribution in [-0.2, 0) is 15.6 Å². The van der Waals surface area contributed by atoms with Crippen LogP contribution in [-0.4, -0.2) is 37.3 Å². The number of hydrogen-bond acceptors (Lipinski definition) is 5. The Labute approximate surface area is 159 Å². The van der Waals surface area contributed by atoms with E-state index in [1.807, 2.05) is 0 Å². The summed E-state index contributed by atoms with van der Waals surface area (Å²) in [4.78, 5) is 16.2. The third-order valence-corrected chi connectivity index (χ3v) is 6.88. The molecule has 2 rings (SSSR count). The summed E-state index contributed by atoms with van der Waals surface area (Å²) in [6.07, 6.45) is -5.40. The number of benzene rings is 1. The van der Waals surface area contributed by atoms with Crippen LogP contribution >= 0.6 is 11.3 Å². The van der Waals surface area contributed by atoms with Crippen LogP contribution in [0.2, 0.25) is 0 Å². The highest BCUT2D eigenvalue weighted by molar-refractivity contribution is 7.91. The fourth-order valence-electron chi connectivity index (χ4n) is 2.06. The average molecular weight is 420 g/mol. The quantitative estimate of drug-likeness (QED) is 0.739. The van der Waals surface area contributed by atoms with Crippen molar-refractivity contribution in [3.63, 3.8) is 0 Å². The van der Waals surface area contributed by atoms with Crippen molar-refractivity contribution in [2.75, 3.05) is 6.54 Å². The second-order valence-electron chi connectivity index (χ2n) is 6.18. The minimum atomic E-state index is -4.32. The Hall–Kier alpha value is -1.94. The predicted octanol–water partition coefficient (Wildman–Crippen LogP) is 3.82. The van der Waals surface area contributed by atoms with Crippen molar-refractivity contribution < 1.29 is 26.4 Å². The molecule has 1 amide bonds. The highest BCUT2D eigenvalue weighted by Crippen LogP contribution is 2.24. The lowest BCUT2D eigenvalue weighted by molar-refractivity contribution is -0.132. The van der Waals surface area contributed by atoms with Crippen molar-refractivity contribution >= 4 is 27.1 Å². The van der Waals surface area contributed by atoms with E-state index in [0.29, 0.717) is 16.3 Å². The van der Waals surface area contributed by atoms with E-state index in [-0.39, 0.29) is 11.3 Å². The Morgan fingerprint density at radius 2 is 1.85 bits per heavy atom. The molecule has 1 N–H and O–H groups in total. The molecule has 1 aromatic carbocycles. The standard InChI is InChI=1S/C17H19F3N2O3S2/c1-11(2)27(24,25)10-15-22-14(9-26-15)12-3-5-13(6-4-12)16(23)21-8-7-17(18,19)20/h3-6,9,11H,7-8,10H2,1-2H3,(H,21,23). The highest BCUT2D eigenvalue weighted by Gasteiger charge is 2.26. The topological polar surface area (TPSA) is 76.1 Å². The number of carbonyl (C=O) groups excluding carboxylic acids is 1. The maximum Gasteiger partial charge on any atom is 0.390 e. The molecule has 0 aliphatic heterocycles. The molecule has 0 bridgehead atoms. The first-order valence-corrected chi connectivity index (χ1v) is 10.7. The fourth-order valence-corrected chi connectivity index (χ4v) is 4.16. The van der Waals surface area contributed by atoms with Crippen LogP contribution in [0, 0.1) is 0 Å². The number of thiazole rings is 1. The Bertz CT molecular complexity index is 889. The first kappa shape index (κ1) is 21.4. The molecule has 2 aromatic rings. The second-order valence-corrected chi connectivity index (χ2v) is 9.68. The number of rotatable bonds is 7. The lowest BCUT2D eigenvalue weighted by atomic mass is 10.1. The van der Waals surface area contributed by atoms with Crippen molar-refractivity contribution in [3.8, 4) is 11.3 Å². The first-order chi connectivity index (χ1) is 12.5. The van der Waals surface area contributed by atoms with Gasteiger partial charge in [-0.3, -0.25) is 4.79 Å². The van der Waals surface area contributed by atoms with Crippen LogP contribution < -0.4 is 5.32 Å². The van der Waals surface area contributed by atoms with Gasteiger partial charge in [-0.15, -0.1) is 11.3 Å². The molecule has 5 nitrogen and oxygen atoms in total. The summed E-state index contributed by atoms with van der Waals surface area (Å²) in [5.41, 5.74) is 1.50. The van der Waals surface area contributed by atoms with Crippen molar-refractivity contribution in [1.82, 2.24) is 10.3 Å². The van der Waals surface area contributed by atoms with Crippen LogP contribution in [0.3, 0.4) is 0 Å². The van der Waals surface area contributed by atoms with Gasteiger partial charge in [0.25, 0.3) is 5.91 Å². The number of hydrogen-bond donors (Lipinski definition) is 1. The molecule has 1 aromatic heterocycles. The monoisotopic (exact) mass is 420 g/mol. The summed E-state index contributed by atoms with van der Waals surface area (Å²) in [5.74, 6) is -0.720. The highest BCUT2D eigenvalue weighted by atomic mass is 32.2. The summed E-state index contributed by atoms with van der Waals surface area (Å²) in [6.45, 7) is 2.74. The molecule has 1 heterocycles. The van der Waals surface area contributed by atoms with Crippen LogP contribution in [0.25, 0.3) is 11.3 Å². The Morgan fingerprint density at radius 1 is 1.22 bits per heavy atom. The maximum atomic E-state index is 12.1. The van der Waals surface area contributed by atoms with Gasteiger partial charge in [0.1, 0.15) is 10.8 Å². The molecule has 0 aliphatic rings. The number of aromatic nitrogens is 1. The number of amides is 1. The van der Waals surface area contributed by atoms with E-state index in [1.54, 1.807) is 31.4 Å². The zero-order valence-corrected chi connectivity index (χ0v) is 16.3. The number of nitrogens with zero attached hydrogens (tertiary/aromatic N) is 1. The van der Waals surface area contributed by atoms with E-state index in [9.17, 15) is 26.4 Å². The Balaban J connectivity index is 2.02. The maximum absolute atomic E-state index is 12.1. The first-order valence-electron chi connectivity index (χ1n) is 8.09. The van der Waals surface area contributed by atoms with Crippen LogP contribution in [0.5, 0.6) is 0 Å². The number of halogens is 3. The summed E-state index contributed by atoms with van der Waals surface area (Å²) in [6, 6.07) is 6.22. The molecule has 148 valence electrons. The second kappa shape index (κ2) is 8.39. The molecule has 0 saturated carbocycles. The van der Waals surface area contributed by atoms with Crippen molar-refractivity contribution in [2.45, 2.75) is 37.4 Å². The van der Waals surface area contributed by atoms with Crippen molar-refractivity contribution in [1.29, 1.82) is 0 Å². The molecule has 0 fully saturated rings. The van der Waals surface area contributed by atoms with Gasteiger partial charge in [0.05, 0.1) is 17.4 Å². The lowest BCUT2D eigenvalue weighted by Gasteiger charge is -2.08. The van der Waals surface area contributed by atoms with Gasteiger partial charge in [0.15, 0.2) is 9.84 Å². The van der Waals surface area contributed by atoms with Gasteiger partial charge in [-0.1, -0.05) is 12.1 Å². The normalized spacial score (nSPS) is 12.4. The molecule has 0 spiro atoms. The molecule has 27 heavy (non-hydrogen) atoms. The van der Waals surface area contributed by atoms with Gasteiger partial charge in [0, 0.05) is 23.1 Å². The molecule has 0 saturated heterocycles. The van der Waals surface area contributed by atoms with E-state index in [1.165, 1.54) is 23.5 Å². The molecular formula is C17H19F3N2O3S2. The number of sulfone groups is 1. The van der Waals surface area contributed by atoms with E-state index in [2.05, 4.69) is 10.3 Å². The fraction of sp³-hybridized carbons (Fsp3) is 0.412. The lowest BCUT2D eigenvalue weighted by Crippen LogP contribution is -2.27. The molecule has 0 unspecified atom stereocenters. The van der Waals surface area contributed by atoms with Gasteiger partial charge in [-0.2, -0.15) is 13.2 Å². The van der Waals surface area contributed by atoms with E-state index in [0.717, 1.165) is 0 Å². The summed E-state index contributed by atoms with van der Waals surface area (Å²) in [7, 11) is -3.24. The van der Waals surface area contributed by atoms with E-state index < -0.39 is 40.1 Å². The summed E-state index contributed by atoms with van der Waals surface area (Å²) < 4.78 is 60.2. The van der Waals surface area contributed by atoms with Crippen LogP contribution in [0.15, 0.2) is 29.6 Å². The van der Waals surface area contributed by atoms with Gasteiger partial charge in [-0.05, 0) is 26.0 Å². The summed E-state index contributed by atoms with van der Waals surface area (Å²) >= 11 is 1.24. The number of nitrogens with one attached hydrogen (secondary N) is 1. The molecule has 0 aliphatic carbocycles. The van der Waals surface area contributed by atoms with E-state index >= 15 is 0 Å². The third-order valence-electron chi connectivity index (χ3n) is 3.73. The van der Waals surface area contributed by atoms with Crippen molar-refractivity contribution in [3.05, 3.63) is 40.2 Å². The zero-order chi connectivity index (χ0) is 20.2. The van der Waals surface area contributed by atoms with Crippen LogP contribution in [0.1, 0.15) is 35.6 Å². The number of alkyl halides is 3.